The minimum absolute atomic E-state index is 0.176. The van der Waals surface area contributed by atoms with Crippen LogP contribution in [0.2, 0.25) is 0 Å². The number of rotatable bonds is 9. The highest BCUT2D eigenvalue weighted by Crippen LogP contribution is 2.55. The van der Waals surface area contributed by atoms with Gasteiger partial charge in [0.2, 0.25) is 7.37 Å². The quantitative estimate of drug-likeness (QED) is 0.481. The third-order valence-electron chi connectivity index (χ3n) is 2.95. The lowest BCUT2D eigenvalue weighted by Gasteiger charge is -2.20. The lowest BCUT2D eigenvalue weighted by atomic mass is 10.2. The van der Waals surface area contributed by atoms with Crippen molar-refractivity contribution in [3.63, 3.8) is 0 Å². The third-order valence-corrected chi connectivity index (χ3v) is 4.97. The van der Waals surface area contributed by atoms with E-state index in [0.29, 0.717) is 0 Å². The minimum Gasteiger partial charge on any atom is -0.493 e. The van der Waals surface area contributed by atoms with Gasteiger partial charge in [0.1, 0.15) is 0 Å². The molecule has 0 aliphatic heterocycles. The minimum atomic E-state index is -4.00. The zero-order valence-electron chi connectivity index (χ0n) is 12.4. The summed E-state index contributed by atoms with van der Waals surface area (Å²) in [5.41, 5.74) is 5.09. The van der Waals surface area contributed by atoms with Crippen LogP contribution in [0.5, 0.6) is 11.5 Å². The Hall–Kier alpha value is -1.67. The van der Waals surface area contributed by atoms with E-state index < -0.39 is 37.4 Å². The van der Waals surface area contributed by atoms with Crippen molar-refractivity contribution in [1.82, 2.24) is 0 Å². The second-order valence-electron chi connectivity index (χ2n) is 4.71. The van der Waals surface area contributed by atoms with Crippen LogP contribution in [0.4, 0.5) is 4.39 Å². The van der Waals surface area contributed by atoms with Crippen molar-refractivity contribution >= 4 is 13.3 Å². The number of carboxylic acid groups (broad SMARTS) is 1. The molecule has 1 aromatic carbocycles. The molecule has 5 N–H and O–H groups in total. The molecule has 2 atom stereocenters. The summed E-state index contributed by atoms with van der Waals surface area (Å²) in [5.74, 6) is -4.79. The number of aliphatic carboxylic acids is 1. The first kappa shape index (κ1) is 19.4. The molecule has 23 heavy (non-hydrogen) atoms. The normalized spacial score (nSPS) is 14.8. The lowest BCUT2D eigenvalue weighted by molar-refractivity contribution is -0.139. The van der Waals surface area contributed by atoms with Crippen molar-refractivity contribution in [2.45, 2.75) is 12.3 Å². The van der Waals surface area contributed by atoms with Crippen LogP contribution in [-0.2, 0) is 9.36 Å². The standard InChI is InChI=1S/C13H19FNO7P/c1-21-10-6-8(13(18)23(19,20)4-2-3-15)5-9(14)12(10)22-7-11(16)17/h5-6,13,18H,2-4,7,15H2,1H3,(H,16,17)(H,19,20). The zero-order valence-corrected chi connectivity index (χ0v) is 13.3. The van der Waals surface area contributed by atoms with Crippen LogP contribution < -0.4 is 15.2 Å². The maximum absolute atomic E-state index is 14.0. The largest absolute Gasteiger partial charge is 0.493 e. The molecule has 130 valence electrons. The summed E-state index contributed by atoms with van der Waals surface area (Å²) in [6.07, 6.45) is 0.0100. The van der Waals surface area contributed by atoms with Crippen LogP contribution >= 0.6 is 7.37 Å². The Bertz CT molecular complexity index is 610. The van der Waals surface area contributed by atoms with Gasteiger partial charge in [0, 0.05) is 6.16 Å². The summed E-state index contributed by atoms with van der Waals surface area (Å²) < 4.78 is 35.8. The van der Waals surface area contributed by atoms with Crippen LogP contribution in [-0.4, -0.2) is 47.5 Å². The highest BCUT2D eigenvalue weighted by Gasteiger charge is 2.31. The van der Waals surface area contributed by atoms with Gasteiger partial charge < -0.3 is 30.3 Å². The number of nitrogens with two attached hydrogens (primary N) is 1. The number of ether oxygens (including phenoxy) is 2. The van der Waals surface area contributed by atoms with E-state index in [4.69, 9.17) is 20.3 Å². The number of aliphatic hydroxyl groups excluding tert-OH is 1. The average molecular weight is 351 g/mol. The molecule has 0 saturated heterocycles. The Morgan fingerprint density at radius 3 is 2.65 bits per heavy atom. The zero-order chi connectivity index (χ0) is 17.6. The summed E-state index contributed by atoms with van der Waals surface area (Å²) in [7, 11) is -2.81. The van der Waals surface area contributed by atoms with Gasteiger partial charge in [-0.15, -0.1) is 0 Å². The molecule has 0 spiro atoms. The first-order valence-electron chi connectivity index (χ1n) is 6.64. The van der Waals surface area contributed by atoms with E-state index in [1.807, 2.05) is 0 Å². The molecule has 0 aliphatic carbocycles. The number of carboxylic acids is 1. The highest BCUT2D eigenvalue weighted by molar-refractivity contribution is 7.58. The summed E-state index contributed by atoms with van der Waals surface area (Å²) in [6.45, 7) is -0.610. The second kappa shape index (κ2) is 8.26. The van der Waals surface area contributed by atoms with E-state index in [-0.39, 0.29) is 30.4 Å². The maximum Gasteiger partial charge on any atom is 0.341 e. The Morgan fingerprint density at radius 2 is 2.13 bits per heavy atom. The van der Waals surface area contributed by atoms with E-state index in [1.165, 1.54) is 7.11 Å². The third kappa shape index (κ3) is 5.18. The van der Waals surface area contributed by atoms with Crippen molar-refractivity contribution in [2.75, 3.05) is 26.4 Å². The predicted molar refractivity (Wildman–Crippen MR) is 79.4 cm³/mol. The molecule has 10 heteroatoms. The van der Waals surface area contributed by atoms with E-state index in [0.717, 1.165) is 12.1 Å². The molecular weight excluding hydrogens is 332 g/mol. The van der Waals surface area contributed by atoms with Crippen molar-refractivity contribution in [1.29, 1.82) is 0 Å². The number of hydrogen-bond acceptors (Lipinski definition) is 6. The number of aliphatic hydroxyl groups is 1. The van der Waals surface area contributed by atoms with Crippen LogP contribution in [0.3, 0.4) is 0 Å². The summed E-state index contributed by atoms with van der Waals surface area (Å²) in [6, 6.07) is 1.92. The van der Waals surface area contributed by atoms with Gasteiger partial charge in [0.25, 0.3) is 0 Å². The van der Waals surface area contributed by atoms with Gasteiger partial charge in [-0.1, -0.05) is 0 Å². The molecule has 2 unspecified atom stereocenters. The fourth-order valence-electron chi connectivity index (χ4n) is 1.84. The average Bonchev–Trinajstić information content (AvgIpc) is 2.50. The fourth-order valence-corrected chi connectivity index (χ4v) is 3.33. The molecule has 0 radical (unpaired) electrons. The smallest absolute Gasteiger partial charge is 0.341 e. The molecular formula is C13H19FNO7P. The molecule has 1 rings (SSSR count). The SMILES string of the molecule is COc1cc(C(O)P(=O)(O)CCCN)cc(F)c1OCC(=O)O. The van der Waals surface area contributed by atoms with E-state index in [2.05, 4.69) is 0 Å². The van der Waals surface area contributed by atoms with Crippen LogP contribution in [0, 0.1) is 5.82 Å². The van der Waals surface area contributed by atoms with E-state index in [9.17, 15) is 23.7 Å². The Labute approximate surface area is 132 Å². The summed E-state index contributed by atoms with van der Waals surface area (Å²) >= 11 is 0. The maximum atomic E-state index is 14.0. The summed E-state index contributed by atoms with van der Waals surface area (Å²) in [5, 5.41) is 18.6. The molecule has 0 amide bonds. The van der Waals surface area contributed by atoms with Crippen molar-refractivity contribution in [3.8, 4) is 11.5 Å². The highest BCUT2D eigenvalue weighted by atomic mass is 31.2. The number of benzene rings is 1. The van der Waals surface area contributed by atoms with Crippen molar-refractivity contribution in [2.24, 2.45) is 5.73 Å². The number of carbonyl (C=O) groups is 1. The summed E-state index contributed by atoms with van der Waals surface area (Å²) in [4.78, 5) is 20.3. The van der Waals surface area contributed by atoms with Crippen molar-refractivity contribution < 1.29 is 38.3 Å². The van der Waals surface area contributed by atoms with Crippen LogP contribution in [0.1, 0.15) is 17.8 Å². The van der Waals surface area contributed by atoms with Gasteiger partial charge in [-0.3, -0.25) is 4.57 Å². The Kier molecular flexibility index (Phi) is 6.96. The molecule has 0 saturated carbocycles. The van der Waals surface area contributed by atoms with E-state index >= 15 is 0 Å². The first-order valence-corrected chi connectivity index (χ1v) is 8.56. The fraction of sp³-hybridized carbons (Fsp3) is 0.462. The second-order valence-corrected chi connectivity index (χ2v) is 7.16. The number of halogens is 1. The van der Waals surface area contributed by atoms with Gasteiger partial charge in [-0.25, -0.2) is 9.18 Å². The van der Waals surface area contributed by atoms with Gasteiger partial charge in [0.05, 0.1) is 7.11 Å². The molecule has 0 bridgehead atoms. The van der Waals surface area contributed by atoms with Crippen molar-refractivity contribution in [3.05, 3.63) is 23.5 Å². The monoisotopic (exact) mass is 351 g/mol. The van der Waals surface area contributed by atoms with Gasteiger partial charge in [-0.2, -0.15) is 0 Å². The van der Waals surface area contributed by atoms with Crippen LogP contribution in [0.25, 0.3) is 0 Å². The topological polar surface area (TPSA) is 139 Å². The Balaban J connectivity index is 3.12. The van der Waals surface area contributed by atoms with Crippen LogP contribution in [0.15, 0.2) is 12.1 Å². The molecule has 1 aromatic rings. The van der Waals surface area contributed by atoms with Gasteiger partial charge in [0.15, 0.2) is 29.8 Å². The lowest BCUT2D eigenvalue weighted by Crippen LogP contribution is -2.12. The van der Waals surface area contributed by atoms with E-state index in [1.54, 1.807) is 0 Å². The molecule has 0 heterocycles. The molecule has 0 aliphatic rings. The Morgan fingerprint density at radius 1 is 1.48 bits per heavy atom. The molecule has 8 nitrogen and oxygen atoms in total. The number of hydrogen-bond donors (Lipinski definition) is 4. The van der Waals surface area contributed by atoms with Gasteiger partial charge in [-0.05, 0) is 30.7 Å². The number of methoxy groups -OCH3 is 1. The molecule has 0 fully saturated rings. The molecule has 0 aromatic heterocycles. The predicted octanol–water partition coefficient (Wildman–Crippen LogP) is 0.908. The first-order chi connectivity index (χ1) is 10.7. The van der Waals surface area contributed by atoms with Gasteiger partial charge >= 0.3 is 5.97 Å².